The average Bonchev–Trinajstić information content (AvgIpc) is 3.29. The standard InChI is InChI=1S/C30H29BrF2N2O4/c1-2-13-30(29(37)34-14-12-20-17-22(32)19-23(33)18-20)27(25-6-3-4-7-26(25)31)39-28(35-30)21-8-10-24(11-9-21)38-16-5-15-36/h2-4,6-11,17-19,27,36H,1,5,12-16H2,(H,34,37)/t27-,30-/m1/s1. The van der Waals surface area contributed by atoms with Crippen LogP contribution in [0.15, 0.2) is 88.9 Å². The number of amides is 1. The van der Waals surface area contributed by atoms with E-state index in [1.165, 1.54) is 12.1 Å². The lowest BCUT2D eigenvalue weighted by Crippen LogP contribution is -2.48. The number of carbonyl (C=O) groups is 1. The lowest BCUT2D eigenvalue weighted by molar-refractivity contribution is -0.128. The molecule has 6 nitrogen and oxygen atoms in total. The van der Waals surface area contributed by atoms with Crippen molar-refractivity contribution >= 4 is 27.7 Å². The topological polar surface area (TPSA) is 80.2 Å². The van der Waals surface area contributed by atoms with Crippen LogP contribution in [0.4, 0.5) is 8.78 Å². The summed E-state index contributed by atoms with van der Waals surface area (Å²) in [6, 6.07) is 17.9. The molecule has 2 atom stereocenters. The number of rotatable bonds is 12. The fraction of sp³-hybridized carbons (Fsp3) is 0.267. The maximum absolute atomic E-state index is 13.8. The van der Waals surface area contributed by atoms with Crippen LogP contribution >= 0.6 is 15.9 Å². The normalized spacial score (nSPS) is 18.3. The molecule has 0 fully saturated rings. The van der Waals surface area contributed by atoms with Crippen molar-refractivity contribution in [3.05, 3.63) is 112 Å². The van der Waals surface area contributed by atoms with Gasteiger partial charge in [-0.3, -0.25) is 4.79 Å². The van der Waals surface area contributed by atoms with Crippen molar-refractivity contribution in [2.75, 3.05) is 19.8 Å². The van der Waals surface area contributed by atoms with E-state index < -0.39 is 23.3 Å². The fourth-order valence-electron chi connectivity index (χ4n) is 4.43. The van der Waals surface area contributed by atoms with E-state index in [-0.39, 0.29) is 31.9 Å². The molecule has 1 heterocycles. The summed E-state index contributed by atoms with van der Waals surface area (Å²) in [5, 5.41) is 11.8. The van der Waals surface area contributed by atoms with Gasteiger partial charge in [0.1, 0.15) is 17.4 Å². The van der Waals surface area contributed by atoms with E-state index in [0.29, 0.717) is 35.8 Å². The van der Waals surface area contributed by atoms with Gasteiger partial charge in [0.15, 0.2) is 11.6 Å². The fourth-order valence-corrected chi connectivity index (χ4v) is 4.92. The molecule has 3 aromatic carbocycles. The Hall–Kier alpha value is -3.56. The maximum atomic E-state index is 13.8. The zero-order valence-electron chi connectivity index (χ0n) is 21.2. The number of halogens is 3. The molecule has 204 valence electrons. The van der Waals surface area contributed by atoms with Gasteiger partial charge in [0, 0.05) is 47.7 Å². The summed E-state index contributed by atoms with van der Waals surface area (Å²) in [6.07, 6.45) is 1.80. The SMILES string of the molecule is C=CC[C@@]1(C(=O)NCCc2cc(F)cc(F)c2)N=C(c2ccc(OCCCO)cc2)O[C@@H]1c1ccccc1Br. The van der Waals surface area contributed by atoms with Crippen molar-refractivity contribution < 1.29 is 28.2 Å². The minimum absolute atomic E-state index is 0.0474. The Labute approximate surface area is 234 Å². The highest BCUT2D eigenvalue weighted by Crippen LogP contribution is 2.44. The van der Waals surface area contributed by atoms with E-state index in [1.807, 2.05) is 24.3 Å². The van der Waals surface area contributed by atoms with Crippen LogP contribution in [0.25, 0.3) is 0 Å². The summed E-state index contributed by atoms with van der Waals surface area (Å²) in [7, 11) is 0. The quantitative estimate of drug-likeness (QED) is 0.208. The van der Waals surface area contributed by atoms with Crippen molar-refractivity contribution in [2.45, 2.75) is 30.9 Å². The van der Waals surface area contributed by atoms with E-state index in [0.717, 1.165) is 16.1 Å². The van der Waals surface area contributed by atoms with Gasteiger partial charge in [-0.1, -0.05) is 40.2 Å². The van der Waals surface area contributed by atoms with Crippen LogP contribution in [-0.2, 0) is 16.0 Å². The summed E-state index contributed by atoms with van der Waals surface area (Å²) in [5.41, 5.74) is 0.464. The molecular weight excluding hydrogens is 570 g/mol. The van der Waals surface area contributed by atoms with Crippen LogP contribution in [0.5, 0.6) is 5.75 Å². The molecule has 0 spiro atoms. The molecule has 0 bridgehead atoms. The van der Waals surface area contributed by atoms with Gasteiger partial charge in [-0.2, -0.15) is 0 Å². The van der Waals surface area contributed by atoms with Crippen LogP contribution < -0.4 is 10.1 Å². The molecule has 1 amide bonds. The Balaban J connectivity index is 1.62. The predicted octanol–water partition coefficient (Wildman–Crippen LogP) is 5.68. The number of aliphatic hydroxyl groups excluding tert-OH is 1. The van der Waals surface area contributed by atoms with E-state index in [1.54, 1.807) is 30.3 Å². The molecule has 2 N–H and O–H groups in total. The minimum atomic E-state index is -1.37. The first-order valence-corrected chi connectivity index (χ1v) is 13.3. The number of nitrogens with zero attached hydrogens (tertiary/aromatic N) is 1. The monoisotopic (exact) mass is 598 g/mol. The maximum Gasteiger partial charge on any atom is 0.252 e. The van der Waals surface area contributed by atoms with Gasteiger partial charge in [-0.15, -0.1) is 6.58 Å². The molecule has 0 saturated carbocycles. The van der Waals surface area contributed by atoms with E-state index >= 15 is 0 Å². The Morgan fingerprint density at radius 1 is 1.15 bits per heavy atom. The van der Waals surface area contributed by atoms with Crippen LogP contribution in [-0.4, -0.2) is 42.2 Å². The van der Waals surface area contributed by atoms with E-state index in [4.69, 9.17) is 19.6 Å². The lowest BCUT2D eigenvalue weighted by atomic mass is 9.84. The molecule has 39 heavy (non-hydrogen) atoms. The average molecular weight is 599 g/mol. The third kappa shape index (κ3) is 6.72. The highest BCUT2D eigenvalue weighted by Gasteiger charge is 2.52. The predicted molar refractivity (Wildman–Crippen MR) is 149 cm³/mol. The van der Waals surface area contributed by atoms with Crippen molar-refractivity contribution in [3.8, 4) is 5.75 Å². The van der Waals surface area contributed by atoms with Gasteiger partial charge in [0.2, 0.25) is 5.90 Å². The first-order chi connectivity index (χ1) is 18.9. The van der Waals surface area contributed by atoms with Gasteiger partial charge in [0.05, 0.1) is 6.61 Å². The van der Waals surface area contributed by atoms with Crippen LogP contribution in [0.3, 0.4) is 0 Å². The second-order valence-electron chi connectivity index (χ2n) is 9.09. The molecule has 1 aliphatic rings. The number of aliphatic imine (C=N–C) groups is 1. The lowest BCUT2D eigenvalue weighted by Gasteiger charge is -2.30. The largest absolute Gasteiger partial charge is 0.494 e. The zero-order valence-corrected chi connectivity index (χ0v) is 22.8. The van der Waals surface area contributed by atoms with Gasteiger partial charge in [-0.05, 0) is 54.4 Å². The smallest absolute Gasteiger partial charge is 0.252 e. The van der Waals surface area contributed by atoms with Gasteiger partial charge in [0.25, 0.3) is 5.91 Å². The minimum Gasteiger partial charge on any atom is -0.494 e. The molecule has 0 saturated heterocycles. The molecule has 0 radical (unpaired) electrons. The highest BCUT2D eigenvalue weighted by molar-refractivity contribution is 9.10. The molecule has 4 rings (SSSR count). The van der Waals surface area contributed by atoms with Crippen molar-refractivity contribution in [3.63, 3.8) is 0 Å². The second-order valence-corrected chi connectivity index (χ2v) is 9.94. The summed E-state index contributed by atoms with van der Waals surface area (Å²) in [4.78, 5) is 18.6. The second kappa shape index (κ2) is 13.0. The molecule has 1 aliphatic heterocycles. The molecule has 0 aromatic heterocycles. The summed E-state index contributed by atoms with van der Waals surface area (Å²) >= 11 is 3.58. The van der Waals surface area contributed by atoms with Crippen LogP contribution in [0, 0.1) is 11.6 Å². The Morgan fingerprint density at radius 3 is 2.54 bits per heavy atom. The molecular formula is C30H29BrF2N2O4. The molecule has 0 unspecified atom stereocenters. The van der Waals surface area contributed by atoms with E-state index in [2.05, 4.69) is 27.8 Å². The first kappa shape index (κ1) is 28.4. The van der Waals surface area contributed by atoms with Gasteiger partial charge >= 0.3 is 0 Å². The number of hydrogen-bond donors (Lipinski definition) is 2. The number of hydrogen-bond acceptors (Lipinski definition) is 5. The highest BCUT2D eigenvalue weighted by atomic mass is 79.9. The molecule has 9 heteroatoms. The number of carbonyl (C=O) groups excluding carboxylic acids is 1. The van der Waals surface area contributed by atoms with E-state index in [9.17, 15) is 13.6 Å². The van der Waals surface area contributed by atoms with Crippen molar-refractivity contribution in [1.29, 1.82) is 0 Å². The van der Waals surface area contributed by atoms with Gasteiger partial charge in [-0.25, -0.2) is 13.8 Å². The Morgan fingerprint density at radius 2 is 1.87 bits per heavy atom. The number of benzene rings is 3. The Kier molecular flexibility index (Phi) is 9.48. The molecule has 3 aromatic rings. The zero-order chi connectivity index (χ0) is 27.8. The third-order valence-electron chi connectivity index (χ3n) is 6.29. The Bertz CT molecular complexity index is 1330. The molecule has 0 aliphatic carbocycles. The summed E-state index contributed by atoms with van der Waals surface area (Å²) < 4.78 is 40.0. The third-order valence-corrected chi connectivity index (χ3v) is 7.02. The van der Waals surface area contributed by atoms with Gasteiger partial charge < -0.3 is 19.9 Å². The number of ether oxygens (including phenoxy) is 2. The van der Waals surface area contributed by atoms with Crippen molar-refractivity contribution in [1.82, 2.24) is 5.32 Å². The van der Waals surface area contributed by atoms with Crippen LogP contribution in [0.2, 0.25) is 0 Å². The number of aliphatic hydroxyl groups is 1. The van der Waals surface area contributed by atoms with Crippen LogP contribution in [0.1, 0.15) is 35.6 Å². The number of nitrogens with one attached hydrogen (secondary N) is 1. The summed E-state index contributed by atoms with van der Waals surface area (Å²) in [6.45, 7) is 4.45. The summed E-state index contributed by atoms with van der Waals surface area (Å²) in [5.74, 6) is -0.800. The first-order valence-electron chi connectivity index (χ1n) is 12.6. The van der Waals surface area contributed by atoms with Crippen molar-refractivity contribution in [2.24, 2.45) is 4.99 Å².